The maximum Gasteiger partial charge on any atom is 0.162 e. The van der Waals surface area contributed by atoms with Crippen LogP contribution in [0.1, 0.15) is 90.8 Å². The summed E-state index contributed by atoms with van der Waals surface area (Å²) in [7, 11) is 0. The predicted octanol–water partition coefficient (Wildman–Crippen LogP) is 11.7. The van der Waals surface area contributed by atoms with Crippen molar-refractivity contribution in [2.24, 2.45) is 11.8 Å². The van der Waals surface area contributed by atoms with E-state index in [1.54, 1.807) is 0 Å². The molecule has 0 saturated heterocycles. The van der Waals surface area contributed by atoms with Crippen molar-refractivity contribution in [2.45, 2.75) is 92.4 Å². The van der Waals surface area contributed by atoms with Crippen molar-refractivity contribution >= 4 is 16.6 Å². The fraction of sp³-hybridized carbons (Fsp3) is 0.356. The Morgan fingerprint density at radius 2 is 1.48 bits per heavy atom. The van der Waals surface area contributed by atoms with E-state index in [0.717, 1.165) is 60.9 Å². The van der Waals surface area contributed by atoms with Gasteiger partial charge >= 0.3 is 0 Å². The normalized spacial score (nSPS) is 12.5. The first-order valence-electron chi connectivity index (χ1n) is 18.0. The summed E-state index contributed by atoms with van der Waals surface area (Å²) in [5.74, 6) is 0.547. The van der Waals surface area contributed by atoms with Gasteiger partial charge in [-0.2, -0.15) is 0 Å². The van der Waals surface area contributed by atoms with Crippen molar-refractivity contribution in [3.05, 3.63) is 120 Å². The van der Waals surface area contributed by atoms with Crippen molar-refractivity contribution < 1.29 is 30.0 Å². The van der Waals surface area contributed by atoms with E-state index >= 15 is 0 Å². The number of hydrogen-bond donors (Lipinski definition) is 1. The fourth-order valence-corrected chi connectivity index (χ4v) is 6.95. The summed E-state index contributed by atoms with van der Waals surface area (Å²) in [6.07, 6.45) is 10.8. The average Bonchev–Trinajstić information content (AvgIpc) is 3.11. The predicted molar refractivity (Wildman–Crippen MR) is 205 cm³/mol. The van der Waals surface area contributed by atoms with Gasteiger partial charge in [0, 0.05) is 61.7 Å². The summed E-state index contributed by atoms with van der Waals surface area (Å²) in [5, 5.41) is 12.2. The van der Waals surface area contributed by atoms with E-state index in [0.29, 0.717) is 0 Å². The Morgan fingerprint density at radius 1 is 0.820 bits per heavy atom. The molecule has 0 spiro atoms. The molecule has 2 heterocycles. The summed E-state index contributed by atoms with van der Waals surface area (Å²) in [6, 6.07) is 29.5. The quantitative estimate of drug-likeness (QED) is 0.0912. The third-order valence-corrected chi connectivity index (χ3v) is 9.95. The molecule has 1 aliphatic rings. The second-order valence-electron chi connectivity index (χ2n) is 14.2. The third kappa shape index (κ3) is 8.68. The van der Waals surface area contributed by atoms with Crippen LogP contribution in [0.2, 0.25) is 0 Å². The number of aliphatic hydroxyl groups excluding tert-OH is 1. The molecule has 0 fully saturated rings. The van der Waals surface area contributed by atoms with E-state index in [9.17, 15) is 9.90 Å². The second kappa shape index (κ2) is 17.3. The third-order valence-electron chi connectivity index (χ3n) is 9.95. The van der Waals surface area contributed by atoms with Crippen LogP contribution in [0.15, 0.2) is 97.0 Å². The van der Waals surface area contributed by atoms with Crippen LogP contribution in [0.5, 0.6) is 0 Å². The van der Waals surface area contributed by atoms with Gasteiger partial charge in [0.1, 0.15) is 0 Å². The molecule has 5 heteroatoms. The SMILES string of the molecule is CC(C)(C)c1cc(-c2nccc3c2CCc2cc(-c4ccccc4)cnc2-3)[c-]c2ccccc12.CCC(CC)C(=O)/C=C(\O)C(CC)CC.[Ir]. The summed E-state index contributed by atoms with van der Waals surface area (Å²) in [5.41, 5.74) is 10.7. The number of carbonyl (C=O) groups excluding carboxylic acids is 1. The average molecular weight is 844 g/mol. The van der Waals surface area contributed by atoms with Gasteiger partial charge in [-0.15, -0.1) is 29.1 Å². The zero-order chi connectivity index (χ0) is 35.1. The maximum absolute atomic E-state index is 11.7. The second-order valence-corrected chi connectivity index (χ2v) is 14.2. The molecule has 1 radical (unpaired) electrons. The van der Waals surface area contributed by atoms with Gasteiger partial charge in [0.25, 0.3) is 0 Å². The number of aromatic nitrogens is 2. The molecule has 1 aliphatic carbocycles. The van der Waals surface area contributed by atoms with Crippen LogP contribution in [0.4, 0.5) is 0 Å². The van der Waals surface area contributed by atoms with Crippen molar-refractivity contribution in [1.82, 2.24) is 9.97 Å². The molecular formula is C45H51IrN2O2-. The number of pyridine rings is 2. The minimum absolute atomic E-state index is 0. The number of nitrogens with zero attached hydrogens (tertiary/aromatic N) is 2. The van der Waals surface area contributed by atoms with Crippen LogP contribution in [-0.4, -0.2) is 20.9 Å². The Balaban J connectivity index is 0.000000301. The van der Waals surface area contributed by atoms with Crippen LogP contribution in [-0.2, 0) is 43.2 Å². The molecule has 3 aromatic carbocycles. The van der Waals surface area contributed by atoms with Crippen LogP contribution in [0.3, 0.4) is 0 Å². The van der Waals surface area contributed by atoms with Crippen molar-refractivity contribution in [1.29, 1.82) is 0 Å². The van der Waals surface area contributed by atoms with E-state index in [-0.39, 0.29) is 48.9 Å². The zero-order valence-corrected chi connectivity index (χ0v) is 33.0. The van der Waals surface area contributed by atoms with Gasteiger partial charge in [-0.1, -0.05) is 108 Å². The van der Waals surface area contributed by atoms with Gasteiger partial charge in [0.2, 0.25) is 0 Å². The van der Waals surface area contributed by atoms with Crippen molar-refractivity contribution in [3.8, 4) is 33.6 Å². The molecule has 4 nitrogen and oxygen atoms in total. The fourth-order valence-electron chi connectivity index (χ4n) is 6.95. The monoisotopic (exact) mass is 844 g/mol. The summed E-state index contributed by atoms with van der Waals surface area (Å²) in [4.78, 5) is 21.5. The van der Waals surface area contributed by atoms with E-state index in [2.05, 4.69) is 99.6 Å². The van der Waals surface area contributed by atoms with Gasteiger partial charge in [0.15, 0.2) is 5.78 Å². The van der Waals surface area contributed by atoms with E-state index < -0.39 is 0 Å². The van der Waals surface area contributed by atoms with Gasteiger partial charge in [-0.25, -0.2) is 0 Å². The number of rotatable bonds is 9. The molecule has 1 N–H and O–H groups in total. The van der Waals surface area contributed by atoms with E-state index in [4.69, 9.17) is 9.97 Å². The number of benzene rings is 3. The summed E-state index contributed by atoms with van der Waals surface area (Å²) < 4.78 is 0. The number of aliphatic hydroxyl groups is 1. The number of allylic oxidation sites excluding steroid dienone is 2. The van der Waals surface area contributed by atoms with Crippen LogP contribution >= 0.6 is 0 Å². The Hall–Kier alpha value is -3.92. The number of hydrogen-bond acceptors (Lipinski definition) is 4. The molecule has 5 aromatic rings. The van der Waals surface area contributed by atoms with Gasteiger partial charge < -0.3 is 5.11 Å². The molecule has 0 unspecified atom stereocenters. The minimum Gasteiger partial charge on any atom is -0.512 e. The van der Waals surface area contributed by atoms with E-state index in [1.165, 1.54) is 44.8 Å². The van der Waals surface area contributed by atoms with Crippen molar-refractivity contribution in [2.75, 3.05) is 0 Å². The molecule has 0 atom stereocenters. The number of carbonyl (C=O) groups is 1. The van der Waals surface area contributed by atoms with Gasteiger partial charge in [0.05, 0.1) is 11.5 Å². The largest absolute Gasteiger partial charge is 0.512 e. The standard InChI is InChI=1S/C32H27N2.C13H24O2.Ir/c1-32(2,3)29-19-24(17-22-11-7-8-12-26(22)29)31-27-14-13-23-18-25(21-9-5-4-6-10-21)20-34-30(23)28(27)15-16-33-31;1-5-10(6-2)12(14)9-13(15)11(7-3)8-4;/h4-12,15-16,18-20H,13-14H2,1-3H3;9-11,14H,5-8H2,1-4H3;/q-1;;/b;12-9-;. The van der Waals surface area contributed by atoms with Gasteiger partial charge in [-0.3, -0.25) is 14.8 Å². The Kier molecular flexibility index (Phi) is 13.5. The van der Waals surface area contributed by atoms with Gasteiger partial charge in [-0.05, 0) is 78.3 Å². The smallest absolute Gasteiger partial charge is 0.162 e. The molecule has 6 rings (SSSR count). The molecule has 0 bridgehead atoms. The summed E-state index contributed by atoms with van der Waals surface area (Å²) in [6.45, 7) is 14.9. The molecule has 0 amide bonds. The molecule has 0 aliphatic heterocycles. The minimum atomic E-state index is 0. The van der Waals surface area contributed by atoms with E-state index in [1.807, 2.05) is 40.1 Å². The Labute approximate surface area is 312 Å². The van der Waals surface area contributed by atoms with Crippen LogP contribution in [0, 0.1) is 17.9 Å². The first-order valence-corrected chi connectivity index (χ1v) is 18.0. The number of aryl methyl sites for hydroxylation is 1. The number of fused-ring (bicyclic) bond motifs is 4. The first kappa shape index (κ1) is 38.9. The number of ketones is 1. The van der Waals surface area contributed by atoms with Crippen LogP contribution in [0.25, 0.3) is 44.4 Å². The maximum atomic E-state index is 11.7. The summed E-state index contributed by atoms with van der Waals surface area (Å²) >= 11 is 0. The zero-order valence-electron chi connectivity index (χ0n) is 30.6. The first-order chi connectivity index (χ1) is 23.6. The van der Waals surface area contributed by atoms with Crippen molar-refractivity contribution in [3.63, 3.8) is 0 Å². The molecule has 50 heavy (non-hydrogen) atoms. The molecular weight excluding hydrogens is 793 g/mol. The Bertz CT molecular complexity index is 1930. The molecule has 2 aromatic heterocycles. The molecule has 263 valence electrons. The Morgan fingerprint density at radius 3 is 2.14 bits per heavy atom. The topological polar surface area (TPSA) is 63.1 Å². The van der Waals surface area contributed by atoms with Crippen LogP contribution < -0.4 is 0 Å². The molecule has 0 saturated carbocycles.